The van der Waals surface area contributed by atoms with Gasteiger partial charge in [0.05, 0.1) is 18.4 Å². The molecule has 104 valence electrons. The van der Waals surface area contributed by atoms with Crippen LogP contribution in [0.5, 0.6) is 0 Å². The van der Waals surface area contributed by atoms with Gasteiger partial charge in [-0.3, -0.25) is 0 Å². The molecule has 4 heteroatoms. The van der Waals surface area contributed by atoms with Crippen molar-refractivity contribution in [2.24, 2.45) is 4.99 Å². The van der Waals surface area contributed by atoms with Crippen molar-refractivity contribution in [1.82, 2.24) is 0 Å². The Kier molecular flexibility index (Phi) is 4.80. The predicted octanol–water partition coefficient (Wildman–Crippen LogP) is 3.16. The average molecular weight is 279 g/mol. The lowest BCUT2D eigenvalue weighted by molar-refractivity contribution is 0.182. The van der Waals surface area contributed by atoms with Crippen molar-refractivity contribution in [3.8, 4) is 0 Å². The smallest absolute Gasteiger partial charge is 0.433 e. The standard InChI is InChI=1S/C17H13NO3/c1-21-17(20)18-16(14-10-6-3-7-11-14)15(12-19)13-8-4-2-5-9-13/h2-11H,1H3/b18-16-. The maximum Gasteiger partial charge on any atom is 0.433 e. The van der Waals surface area contributed by atoms with E-state index < -0.39 is 6.09 Å². The lowest BCUT2D eigenvalue weighted by Crippen LogP contribution is -2.09. The summed E-state index contributed by atoms with van der Waals surface area (Å²) in [6.45, 7) is 0. The molecule has 0 aliphatic heterocycles. The number of hydrogen-bond donors (Lipinski definition) is 0. The zero-order chi connectivity index (χ0) is 15.1. The fourth-order valence-electron chi connectivity index (χ4n) is 1.85. The monoisotopic (exact) mass is 279 g/mol. The van der Waals surface area contributed by atoms with Crippen LogP contribution in [-0.4, -0.2) is 24.9 Å². The van der Waals surface area contributed by atoms with Crippen LogP contribution in [0.4, 0.5) is 4.79 Å². The molecule has 0 aliphatic carbocycles. The molecule has 0 atom stereocenters. The number of rotatable bonds is 3. The highest BCUT2D eigenvalue weighted by molar-refractivity contribution is 6.38. The lowest BCUT2D eigenvalue weighted by Gasteiger charge is -2.08. The van der Waals surface area contributed by atoms with Gasteiger partial charge in [-0.1, -0.05) is 60.7 Å². The molecule has 2 rings (SSSR count). The molecule has 0 aliphatic rings. The highest BCUT2D eigenvalue weighted by Crippen LogP contribution is 2.18. The van der Waals surface area contributed by atoms with E-state index in [4.69, 9.17) is 0 Å². The zero-order valence-corrected chi connectivity index (χ0v) is 11.4. The fourth-order valence-corrected chi connectivity index (χ4v) is 1.85. The molecule has 0 saturated heterocycles. The molecule has 4 nitrogen and oxygen atoms in total. The number of aliphatic imine (C=N–C) groups is 1. The van der Waals surface area contributed by atoms with E-state index in [0.717, 1.165) is 0 Å². The quantitative estimate of drug-likeness (QED) is 0.640. The number of amides is 1. The van der Waals surface area contributed by atoms with Crippen LogP contribution in [0.2, 0.25) is 0 Å². The molecular weight excluding hydrogens is 266 g/mol. The molecule has 0 N–H and O–H groups in total. The average Bonchev–Trinajstić information content (AvgIpc) is 2.56. The molecule has 0 fully saturated rings. The summed E-state index contributed by atoms with van der Waals surface area (Å²) in [5, 5.41) is 0. The highest BCUT2D eigenvalue weighted by Gasteiger charge is 2.15. The van der Waals surface area contributed by atoms with Gasteiger partial charge in [-0.25, -0.2) is 9.59 Å². The number of ether oxygens (including phenoxy) is 1. The third kappa shape index (κ3) is 3.53. The van der Waals surface area contributed by atoms with Gasteiger partial charge in [0.2, 0.25) is 0 Å². The van der Waals surface area contributed by atoms with Crippen molar-refractivity contribution in [2.45, 2.75) is 0 Å². The van der Waals surface area contributed by atoms with Gasteiger partial charge in [-0.15, -0.1) is 0 Å². The van der Waals surface area contributed by atoms with E-state index in [1.165, 1.54) is 7.11 Å². The summed E-state index contributed by atoms with van der Waals surface area (Å²) in [7, 11) is 1.24. The van der Waals surface area contributed by atoms with Crippen molar-refractivity contribution in [1.29, 1.82) is 0 Å². The predicted molar refractivity (Wildman–Crippen MR) is 80.9 cm³/mol. The van der Waals surface area contributed by atoms with E-state index in [9.17, 15) is 9.59 Å². The Labute approximate surface area is 122 Å². The maximum absolute atomic E-state index is 11.5. The van der Waals surface area contributed by atoms with Crippen molar-refractivity contribution in [2.75, 3.05) is 7.11 Å². The number of carbonyl (C=O) groups is 1. The van der Waals surface area contributed by atoms with E-state index in [1.54, 1.807) is 48.5 Å². The van der Waals surface area contributed by atoms with Crippen LogP contribution >= 0.6 is 0 Å². The molecule has 2 aromatic rings. The van der Waals surface area contributed by atoms with Crippen LogP contribution in [0.15, 0.2) is 65.7 Å². The van der Waals surface area contributed by atoms with Gasteiger partial charge in [-0.05, 0) is 5.56 Å². The number of nitrogens with zero attached hydrogens (tertiary/aromatic N) is 1. The second-order valence-electron chi connectivity index (χ2n) is 4.14. The Morgan fingerprint density at radius 1 is 0.952 bits per heavy atom. The summed E-state index contributed by atoms with van der Waals surface area (Å²) in [4.78, 5) is 26.8. The van der Waals surface area contributed by atoms with E-state index in [0.29, 0.717) is 11.1 Å². The van der Waals surface area contributed by atoms with Gasteiger partial charge in [-0.2, -0.15) is 4.99 Å². The molecule has 0 unspecified atom stereocenters. The third-order valence-corrected chi connectivity index (χ3v) is 2.83. The number of methoxy groups -OCH3 is 1. The maximum atomic E-state index is 11.5. The summed E-state index contributed by atoms with van der Waals surface area (Å²) in [6.07, 6.45) is -0.766. The second-order valence-corrected chi connectivity index (χ2v) is 4.14. The van der Waals surface area contributed by atoms with E-state index >= 15 is 0 Å². The summed E-state index contributed by atoms with van der Waals surface area (Å²) in [5.74, 6) is 1.87. The zero-order valence-electron chi connectivity index (χ0n) is 11.4. The molecule has 0 saturated carbocycles. The van der Waals surface area contributed by atoms with Crippen LogP contribution in [0.3, 0.4) is 0 Å². The van der Waals surface area contributed by atoms with E-state index in [2.05, 4.69) is 9.73 Å². The Hall–Kier alpha value is -2.97. The summed E-state index contributed by atoms with van der Waals surface area (Å²) < 4.78 is 4.56. The largest absolute Gasteiger partial charge is 0.451 e. The van der Waals surface area contributed by atoms with Gasteiger partial charge in [0.1, 0.15) is 5.94 Å². The normalized spacial score (nSPS) is 10.6. The van der Waals surface area contributed by atoms with Crippen LogP contribution in [0.1, 0.15) is 11.1 Å². The Balaban J connectivity index is 2.57. The summed E-state index contributed by atoms with van der Waals surface area (Å²) in [6, 6.07) is 17.9. The minimum atomic E-state index is -0.766. The molecular formula is C17H13NO3. The molecule has 0 radical (unpaired) electrons. The topological polar surface area (TPSA) is 55.7 Å². The minimum Gasteiger partial charge on any atom is -0.451 e. The van der Waals surface area contributed by atoms with Gasteiger partial charge in [0, 0.05) is 5.56 Å². The molecule has 0 heterocycles. The Morgan fingerprint density at radius 2 is 1.48 bits per heavy atom. The first kappa shape index (κ1) is 14.4. The number of allylic oxidation sites excluding steroid dienone is 1. The molecule has 21 heavy (non-hydrogen) atoms. The third-order valence-electron chi connectivity index (χ3n) is 2.83. The van der Waals surface area contributed by atoms with Gasteiger partial charge in [0.25, 0.3) is 0 Å². The number of carbonyl (C=O) groups excluding carboxylic acids is 2. The molecule has 0 aromatic heterocycles. The molecule has 1 amide bonds. The van der Waals surface area contributed by atoms with Crippen LogP contribution < -0.4 is 0 Å². The van der Waals surface area contributed by atoms with Crippen LogP contribution in [0, 0.1) is 0 Å². The molecule has 2 aromatic carbocycles. The number of hydrogen-bond acceptors (Lipinski definition) is 3. The Bertz CT molecular complexity index is 699. The first-order valence-electron chi connectivity index (χ1n) is 6.29. The van der Waals surface area contributed by atoms with Crippen LogP contribution in [0.25, 0.3) is 5.57 Å². The molecule has 0 bridgehead atoms. The van der Waals surface area contributed by atoms with Crippen molar-refractivity contribution in [3.05, 3.63) is 71.8 Å². The first-order chi connectivity index (χ1) is 10.3. The van der Waals surface area contributed by atoms with Crippen molar-refractivity contribution in [3.63, 3.8) is 0 Å². The highest BCUT2D eigenvalue weighted by atomic mass is 16.5. The van der Waals surface area contributed by atoms with Crippen molar-refractivity contribution >= 4 is 23.3 Å². The van der Waals surface area contributed by atoms with Crippen molar-refractivity contribution < 1.29 is 14.3 Å². The van der Waals surface area contributed by atoms with E-state index in [-0.39, 0.29) is 11.3 Å². The fraction of sp³-hybridized carbons (Fsp3) is 0.0588. The molecule has 0 spiro atoms. The number of benzene rings is 2. The summed E-state index contributed by atoms with van der Waals surface area (Å²) >= 11 is 0. The minimum absolute atomic E-state index is 0.215. The van der Waals surface area contributed by atoms with Gasteiger partial charge < -0.3 is 4.74 Å². The van der Waals surface area contributed by atoms with Gasteiger partial charge in [0.15, 0.2) is 0 Å². The second kappa shape index (κ2) is 6.98. The lowest BCUT2D eigenvalue weighted by atomic mass is 9.97. The van der Waals surface area contributed by atoms with Crippen LogP contribution in [-0.2, 0) is 9.53 Å². The van der Waals surface area contributed by atoms with E-state index in [1.807, 2.05) is 18.1 Å². The SMILES string of the molecule is COC(=O)/N=C(\C(=C=O)c1ccccc1)c1ccccc1. The summed E-state index contributed by atoms with van der Waals surface area (Å²) in [5.41, 5.74) is 1.74. The Morgan fingerprint density at radius 3 is 1.95 bits per heavy atom. The first-order valence-corrected chi connectivity index (χ1v) is 6.29. The van der Waals surface area contributed by atoms with Gasteiger partial charge >= 0.3 is 6.09 Å².